The molecule has 0 spiro atoms. The van der Waals surface area contributed by atoms with E-state index in [9.17, 15) is 13.2 Å². The van der Waals surface area contributed by atoms with Crippen LogP contribution in [0.1, 0.15) is 5.56 Å². The Morgan fingerprint density at radius 1 is 1.17 bits per heavy atom. The van der Waals surface area contributed by atoms with Gasteiger partial charge in [0.2, 0.25) is 15.9 Å². The van der Waals surface area contributed by atoms with Crippen LogP contribution in [0, 0.1) is 6.92 Å². The van der Waals surface area contributed by atoms with Gasteiger partial charge in [0.1, 0.15) is 0 Å². The number of sulfonamides is 1. The second-order valence-electron chi connectivity index (χ2n) is 4.98. The molecule has 2 N–H and O–H groups in total. The van der Waals surface area contributed by atoms with E-state index in [1.807, 2.05) is 25.1 Å². The molecule has 0 heterocycles. The number of carbonyl (C=O) groups is 1. The molecule has 2 aromatic rings. The van der Waals surface area contributed by atoms with Gasteiger partial charge in [0, 0.05) is 15.1 Å². The molecule has 0 aliphatic rings. The van der Waals surface area contributed by atoms with Gasteiger partial charge >= 0.3 is 0 Å². The van der Waals surface area contributed by atoms with Crippen molar-refractivity contribution in [3.8, 4) is 0 Å². The van der Waals surface area contributed by atoms with Crippen molar-refractivity contribution >= 4 is 49.3 Å². The molecule has 8 heteroatoms. The molecular formula is C16H17BrN2O3S2. The van der Waals surface area contributed by atoms with Crippen LogP contribution in [-0.4, -0.2) is 27.1 Å². The fourth-order valence-electron chi connectivity index (χ4n) is 1.95. The average Bonchev–Trinajstić information content (AvgIpc) is 2.54. The van der Waals surface area contributed by atoms with Gasteiger partial charge in [-0.25, -0.2) is 13.1 Å². The summed E-state index contributed by atoms with van der Waals surface area (Å²) in [6.07, 6.45) is 0. The number of thioether (sulfide) groups is 1. The molecule has 2 rings (SSSR count). The smallest absolute Gasteiger partial charge is 0.240 e. The standard InChI is InChI=1S/C16H17BrN2O3S2/c1-11-9-12(17)3-8-15(11)23-10-16(20)19-13-4-6-14(7-5-13)24(21,22)18-2/h3-9,18H,10H2,1-2H3,(H,19,20). The lowest BCUT2D eigenvalue weighted by molar-refractivity contribution is -0.113. The highest BCUT2D eigenvalue weighted by Crippen LogP contribution is 2.25. The first-order valence-electron chi connectivity index (χ1n) is 7.04. The van der Waals surface area contributed by atoms with E-state index in [4.69, 9.17) is 0 Å². The third-order valence-corrected chi connectivity index (χ3v) is 6.31. The van der Waals surface area contributed by atoms with E-state index < -0.39 is 10.0 Å². The Morgan fingerprint density at radius 3 is 2.42 bits per heavy atom. The molecule has 128 valence electrons. The van der Waals surface area contributed by atoms with Crippen LogP contribution in [-0.2, 0) is 14.8 Å². The van der Waals surface area contributed by atoms with E-state index in [1.54, 1.807) is 12.1 Å². The van der Waals surface area contributed by atoms with Gasteiger partial charge in [-0.1, -0.05) is 15.9 Å². The van der Waals surface area contributed by atoms with Crippen molar-refractivity contribution in [2.45, 2.75) is 16.7 Å². The van der Waals surface area contributed by atoms with Gasteiger partial charge in [0.05, 0.1) is 10.6 Å². The number of anilines is 1. The van der Waals surface area contributed by atoms with Gasteiger partial charge in [-0.3, -0.25) is 4.79 Å². The maximum atomic E-state index is 12.0. The van der Waals surface area contributed by atoms with E-state index in [0.29, 0.717) is 5.69 Å². The van der Waals surface area contributed by atoms with Gasteiger partial charge in [0.25, 0.3) is 0 Å². The molecule has 0 aliphatic carbocycles. The van der Waals surface area contributed by atoms with E-state index in [-0.39, 0.29) is 16.6 Å². The number of carbonyl (C=O) groups excluding carboxylic acids is 1. The maximum Gasteiger partial charge on any atom is 0.240 e. The second-order valence-corrected chi connectivity index (χ2v) is 8.80. The molecule has 0 unspecified atom stereocenters. The molecule has 2 aromatic carbocycles. The lowest BCUT2D eigenvalue weighted by atomic mass is 10.2. The Morgan fingerprint density at radius 2 is 1.83 bits per heavy atom. The number of hydrogen-bond acceptors (Lipinski definition) is 4. The summed E-state index contributed by atoms with van der Waals surface area (Å²) in [7, 11) is -2.12. The van der Waals surface area contributed by atoms with Gasteiger partial charge in [0.15, 0.2) is 0 Å². The summed E-state index contributed by atoms with van der Waals surface area (Å²) in [5.41, 5.74) is 1.66. The van der Waals surface area contributed by atoms with Crippen LogP contribution in [0.2, 0.25) is 0 Å². The van der Waals surface area contributed by atoms with Crippen LogP contribution in [0.3, 0.4) is 0 Å². The normalized spacial score (nSPS) is 11.3. The predicted octanol–water partition coefficient (Wildman–Crippen LogP) is 3.40. The topological polar surface area (TPSA) is 75.3 Å². The zero-order valence-electron chi connectivity index (χ0n) is 13.2. The molecule has 0 saturated carbocycles. The molecule has 0 aromatic heterocycles. The maximum absolute atomic E-state index is 12.0. The van der Waals surface area contributed by atoms with E-state index in [1.165, 1.54) is 30.9 Å². The van der Waals surface area contributed by atoms with Gasteiger partial charge in [-0.05, 0) is 62.0 Å². The van der Waals surface area contributed by atoms with Crippen LogP contribution in [0.5, 0.6) is 0 Å². The van der Waals surface area contributed by atoms with Crippen LogP contribution in [0.15, 0.2) is 56.7 Å². The highest BCUT2D eigenvalue weighted by Gasteiger charge is 2.11. The minimum atomic E-state index is -3.47. The summed E-state index contributed by atoms with van der Waals surface area (Å²) in [6, 6.07) is 11.9. The third-order valence-electron chi connectivity index (χ3n) is 3.21. The largest absolute Gasteiger partial charge is 0.325 e. The SMILES string of the molecule is CNS(=O)(=O)c1ccc(NC(=O)CSc2ccc(Br)cc2C)cc1. The molecule has 0 fully saturated rings. The minimum absolute atomic E-state index is 0.147. The highest BCUT2D eigenvalue weighted by molar-refractivity contribution is 9.10. The molecule has 0 aliphatic heterocycles. The molecular weight excluding hydrogens is 412 g/mol. The van der Waals surface area contributed by atoms with Crippen molar-refractivity contribution in [2.75, 3.05) is 18.1 Å². The van der Waals surface area contributed by atoms with Crippen LogP contribution in [0.25, 0.3) is 0 Å². The fraction of sp³-hybridized carbons (Fsp3) is 0.188. The zero-order valence-corrected chi connectivity index (χ0v) is 16.4. The number of nitrogens with one attached hydrogen (secondary N) is 2. The van der Waals surface area contributed by atoms with Crippen LogP contribution >= 0.6 is 27.7 Å². The lowest BCUT2D eigenvalue weighted by Crippen LogP contribution is -2.18. The average molecular weight is 429 g/mol. The van der Waals surface area contributed by atoms with Gasteiger partial charge < -0.3 is 5.32 Å². The summed E-state index contributed by atoms with van der Waals surface area (Å²) in [4.78, 5) is 13.2. The summed E-state index contributed by atoms with van der Waals surface area (Å²) >= 11 is 4.86. The van der Waals surface area contributed by atoms with Crippen molar-refractivity contribution in [3.63, 3.8) is 0 Å². The monoisotopic (exact) mass is 428 g/mol. The van der Waals surface area contributed by atoms with Gasteiger partial charge in [-0.2, -0.15) is 0 Å². The highest BCUT2D eigenvalue weighted by atomic mass is 79.9. The van der Waals surface area contributed by atoms with Crippen LogP contribution < -0.4 is 10.0 Å². The van der Waals surface area contributed by atoms with Crippen molar-refractivity contribution in [2.24, 2.45) is 0 Å². The summed E-state index contributed by atoms with van der Waals surface area (Å²) in [5, 5.41) is 2.76. The molecule has 0 atom stereocenters. The van der Waals surface area contributed by atoms with E-state index in [0.717, 1.165) is 14.9 Å². The summed E-state index contributed by atoms with van der Waals surface area (Å²) in [5.74, 6) is 0.130. The molecule has 1 amide bonds. The Hall–Kier alpha value is -1.35. The first kappa shape index (κ1) is 19.0. The molecule has 0 bridgehead atoms. The first-order valence-corrected chi connectivity index (χ1v) is 10.3. The van der Waals surface area contributed by atoms with Gasteiger partial charge in [-0.15, -0.1) is 11.8 Å². The number of aryl methyl sites for hydroxylation is 1. The zero-order chi connectivity index (χ0) is 17.7. The van der Waals surface area contributed by atoms with E-state index in [2.05, 4.69) is 26.0 Å². The van der Waals surface area contributed by atoms with Crippen molar-refractivity contribution in [1.82, 2.24) is 4.72 Å². The predicted molar refractivity (Wildman–Crippen MR) is 101 cm³/mol. The van der Waals surface area contributed by atoms with Crippen molar-refractivity contribution in [1.29, 1.82) is 0 Å². The quantitative estimate of drug-likeness (QED) is 0.691. The Bertz CT molecular complexity index is 837. The Balaban J connectivity index is 1.95. The number of hydrogen-bond donors (Lipinski definition) is 2. The second kappa shape index (κ2) is 8.15. The fourth-order valence-corrected chi connectivity index (χ4v) is 3.97. The molecule has 5 nitrogen and oxygen atoms in total. The molecule has 24 heavy (non-hydrogen) atoms. The number of halogens is 1. The number of benzene rings is 2. The number of rotatable bonds is 6. The molecule has 0 radical (unpaired) electrons. The Kier molecular flexibility index (Phi) is 6.45. The van der Waals surface area contributed by atoms with Crippen molar-refractivity contribution in [3.05, 3.63) is 52.5 Å². The summed E-state index contributed by atoms with van der Waals surface area (Å²) in [6.45, 7) is 1.99. The third kappa shape index (κ3) is 5.07. The van der Waals surface area contributed by atoms with Crippen LogP contribution in [0.4, 0.5) is 5.69 Å². The first-order chi connectivity index (χ1) is 11.3. The minimum Gasteiger partial charge on any atom is -0.325 e. The molecule has 0 saturated heterocycles. The Labute approximate surface area is 154 Å². The summed E-state index contributed by atoms with van der Waals surface area (Å²) < 4.78 is 26.5. The lowest BCUT2D eigenvalue weighted by Gasteiger charge is -2.08. The number of amides is 1. The van der Waals surface area contributed by atoms with E-state index >= 15 is 0 Å². The van der Waals surface area contributed by atoms with Crippen molar-refractivity contribution < 1.29 is 13.2 Å².